The Labute approximate surface area is 58.1 Å². The number of nitrogens with zero attached hydrogens (tertiary/aromatic N) is 2. The standard InChI is InChI=1S/C6H8N2O2/c7-8-3-6(10)4-1-5(9)2-4/h3-4,6,10H,1-2H2. The Bertz CT molecular complexity index is 188. The van der Waals surface area contributed by atoms with E-state index in [0.29, 0.717) is 12.8 Å². The van der Waals surface area contributed by atoms with Crippen molar-refractivity contribution >= 4 is 12.0 Å². The smallest absolute Gasteiger partial charge is 0.285 e. The maximum atomic E-state index is 10.4. The monoisotopic (exact) mass is 140 g/mol. The van der Waals surface area contributed by atoms with Crippen LogP contribution in [-0.2, 0) is 4.79 Å². The van der Waals surface area contributed by atoms with Crippen molar-refractivity contribution in [1.82, 2.24) is 0 Å². The summed E-state index contributed by atoms with van der Waals surface area (Å²) in [7, 11) is 0. The molecule has 0 aromatic carbocycles. The molecule has 0 aromatic heterocycles. The molecule has 1 atom stereocenters. The van der Waals surface area contributed by atoms with Crippen LogP contribution in [0.15, 0.2) is 0 Å². The first-order chi connectivity index (χ1) is 4.74. The van der Waals surface area contributed by atoms with Crippen molar-refractivity contribution in [1.29, 1.82) is 0 Å². The van der Waals surface area contributed by atoms with Gasteiger partial charge in [0.2, 0.25) is 0 Å². The molecular formula is C6H8N2O2. The van der Waals surface area contributed by atoms with Gasteiger partial charge >= 0.3 is 0 Å². The Morgan fingerprint density at radius 1 is 1.80 bits per heavy atom. The third-order valence-corrected chi connectivity index (χ3v) is 1.68. The lowest BCUT2D eigenvalue weighted by molar-refractivity contribution is -0.129. The molecule has 0 bridgehead atoms. The number of ketones is 1. The molecule has 4 nitrogen and oxygen atoms in total. The van der Waals surface area contributed by atoms with Crippen LogP contribution in [0.2, 0.25) is 0 Å². The number of hydrogen-bond donors (Lipinski definition) is 1. The number of aliphatic hydroxyl groups excluding tert-OH is 1. The van der Waals surface area contributed by atoms with Crippen LogP contribution >= 0.6 is 0 Å². The second kappa shape index (κ2) is 2.73. The Hall–Kier alpha value is -0.990. The first-order valence-electron chi connectivity index (χ1n) is 3.11. The van der Waals surface area contributed by atoms with Gasteiger partial charge in [0.15, 0.2) is 6.10 Å². The maximum absolute atomic E-state index is 10.4. The van der Waals surface area contributed by atoms with Gasteiger partial charge in [-0.25, -0.2) is 0 Å². The second-order valence-corrected chi connectivity index (χ2v) is 2.46. The van der Waals surface area contributed by atoms with Crippen molar-refractivity contribution < 1.29 is 14.7 Å². The van der Waals surface area contributed by atoms with E-state index in [2.05, 4.69) is 4.79 Å². The minimum Gasteiger partial charge on any atom is -0.381 e. The van der Waals surface area contributed by atoms with E-state index in [1.54, 1.807) is 0 Å². The lowest BCUT2D eigenvalue weighted by atomic mass is 9.80. The number of carbonyl (C=O) groups excluding carboxylic acids is 1. The molecule has 4 heteroatoms. The van der Waals surface area contributed by atoms with Gasteiger partial charge in [-0.2, -0.15) is 4.79 Å². The Balaban J connectivity index is 2.37. The average Bonchev–Trinajstić information content (AvgIpc) is 1.82. The Morgan fingerprint density at radius 3 is 2.80 bits per heavy atom. The van der Waals surface area contributed by atoms with Crippen molar-refractivity contribution in [2.75, 3.05) is 0 Å². The molecule has 1 fully saturated rings. The molecule has 0 spiro atoms. The topological polar surface area (TPSA) is 73.7 Å². The summed E-state index contributed by atoms with van der Waals surface area (Å²) in [4.78, 5) is 13.1. The first kappa shape index (κ1) is 7.12. The molecule has 1 saturated carbocycles. The highest BCUT2D eigenvalue weighted by Gasteiger charge is 2.33. The van der Waals surface area contributed by atoms with Crippen LogP contribution in [0.4, 0.5) is 0 Å². The number of carbonyl (C=O) groups is 1. The van der Waals surface area contributed by atoms with E-state index in [9.17, 15) is 4.79 Å². The molecule has 0 heterocycles. The van der Waals surface area contributed by atoms with Gasteiger partial charge in [0.25, 0.3) is 6.21 Å². The zero-order chi connectivity index (χ0) is 7.56. The molecule has 1 aliphatic rings. The van der Waals surface area contributed by atoms with Crippen LogP contribution in [0.1, 0.15) is 12.8 Å². The SMILES string of the molecule is [N-]=[N+]=CC(O)C1CC(=O)C1. The summed E-state index contributed by atoms with van der Waals surface area (Å²) in [6.07, 6.45) is 1.10. The predicted octanol–water partition coefficient (Wildman–Crippen LogP) is -0.373. The molecule has 54 valence electrons. The first-order valence-corrected chi connectivity index (χ1v) is 3.11. The van der Waals surface area contributed by atoms with Gasteiger partial charge in [-0.3, -0.25) is 4.79 Å². The van der Waals surface area contributed by atoms with Gasteiger partial charge < -0.3 is 10.6 Å². The van der Waals surface area contributed by atoms with Crippen LogP contribution in [-0.4, -0.2) is 28.0 Å². The predicted molar refractivity (Wildman–Crippen MR) is 33.4 cm³/mol. The highest BCUT2D eigenvalue weighted by molar-refractivity contribution is 5.85. The van der Waals surface area contributed by atoms with E-state index in [0.717, 1.165) is 6.21 Å². The fourth-order valence-corrected chi connectivity index (χ4v) is 0.957. The quantitative estimate of drug-likeness (QED) is 0.323. The molecule has 0 amide bonds. The van der Waals surface area contributed by atoms with Crippen molar-refractivity contribution in [2.45, 2.75) is 18.9 Å². The van der Waals surface area contributed by atoms with Gasteiger partial charge in [0.1, 0.15) is 5.78 Å². The van der Waals surface area contributed by atoms with Crippen LogP contribution in [0, 0.1) is 5.92 Å². The summed E-state index contributed by atoms with van der Waals surface area (Å²) in [6.45, 7) is 0. The minimum absolute atomic E-state index is 0.0246. The van der Waals surface area contributed by atoms with E-state index < -0.39 is 6.10 Å². The fraction of sp³-hybridized carbons (Fsp3) is 0.667. The third-order valence-electron chi connectivity index (χ3n) is 1.68. The van der Waals surface area contributed by atoms with Crippen LogP contribution < -0.4 is 0 Å². The van der Waals surface area contributed by atoms with E-state index >= 15 is 0 Å². The minimum atomic E-state index is -0.761. The summed E-state index contributed by atoms with van der Waals surface area (Å²) >= 11 is 0. The maximum Gasteiger partial charge on any atom is 0.285 e. The average molecular weight is 140 g/mol. The van der Waals surface area contributed by atoms with Gasteiger partial charge in [0.05, 0.1) is 0 Å². The summed E-state index contributed by atoms with van der Waals surface area (Å²) < 4.78 is 0. The fourth-order valence-electron chi connectivity index (χ4n) is 0.957. The molecule has 1 unspecified atom stereocenters. The molecular weight excluding hydrogens is 132 g/mol. The molecule has 0 aromatic rings. The summed E-state index contributed by atoms with van der Waals surface area (Å²) in [6, 6.07) is 0. The van der Waals surface area contributed by atoms with Crippen molar-refractivity contribution in [3.8, 4) is 0 Å². The van der Waals surface area contributed by atoms with Crippen LogP contribution in [0.25, 0.3) is 5.53 Å². The lowest BCUT2D eigenvalue weighted by Crippen LogP contribution is -2.34. The second-order valence-electron chi connectivity index (χ2n) is 2.46. The largest absolute Gasteiger partial charge is 0.381 e. The van der Waals surface area contributed by atoms with E-state index in [-0.39, 0.29) is 11.7 Å². The number of hydrogen-bond acceptors (Lipinski definition) is 2. The van der Waals surface area contributed by atoms with Crippen LogP contribution in [0.3, 0.4) is 0 Å². The zero-order valence-electron chi connectivity index (χ0n) is 5.40. The highest BCUT2D eigenvalue weighted by Crippen LogP contribution is 2.25. The van der Waals surface area contributed by atoms with Gasteiger partial charge in [0, 0.05) is 18.8 Å². The summed E-state index contributed by atoms with van der Waals surface area (Å²) in [5.41, 5.74) is 8.00. The van der Waals surface area contributed by atoms with Crippen molar-refractivity contribution in [2.24, 2.45) is 5.92 Å². The van der Waals surface area contributed by atoms with Gasteiger partial charge in [-0.1, -0.05) is 0 Å². The van der Waals surface area contributed by atoms with Crippen LogP contribution in [0.5, 0.6) is 0 Å². The van der Waals surface area contributed by atoms with Gasteiger partial charge in [-0.05, 0) is 0 Å². The lowest BCUT2D eigenvalue weighted by Gasteiger charge is -2.24. The number of aliphatic hydroxyl groups is 1. The zero-order valence-corrected chi connectivity index (χ0v) is 5.40. The summed E-state index contributed by atoms with van der Waals surface area (Å²) in [5.74, 6) is 0.138. The van der Waals surface area contributed by atoms with Crippen molar-refractivity contribution in [3.63, 3.8) is 0 Å². The molecule has 0 saturated heterocycles. The Kier molecular flexibility index (Phi) is 1.94. The van der Waals surface area contributed by atoms with E-state index in [1.807, 2.05) is 0 Å². The Morgan fingerprint density at radius 2 is 2.40 bits per heavy atom. The van der Waals surface area contributed by atoms with Gasteiger partial charge in [-0.15, -0.1) is 0 Å². The number of Topliss-reactive ketones (excluding diaryl/α,β-unsaturated/α-hetero) is 1. The molecule has 1 rings (SSSR count). The summed E-state index contributed by atoms with van der Waals surface area (Å²) in [5, 5.41) is 9.03. The molecule has 0 radical (unpaired) electrons. The van der Waals surface area contributed by atoms with E-state index in [4.69, 9.17) is 10.6 Å². The molecule has 1 N–H and O–H groups in total. The molecule has 1 aliphatic carbocycles. The third kappa shape index (κ3) is 1.29. The molecule has 0 aliphatic heterocycles. The van der Waals surface area contributed by atoms with Crippen molar-refractivity contribution in [3.05, 3.63) is 5.53 Å². The highest BCUT2D eigenvalue weighted by atomic mass is 16.3. The van der Waals surface area contributed by atoms with E-state index in [1.165, 1.54) is 0 Å². The number of rotatable bonds is 2. The normalized spacial score (nSPS) is 21.1. The molecule has 10 heavy (non-hydrogen) atoms.